The van der Waals surface area contributed by atoms with Gasteiger partial charge in [0.15, 0.2) is 0 Å². The topological polar surface area (TPSA) is 70.7 Å². The zero-order valence-corrected chi connectivity index (χ0v) is 12.0. The number of urea groups is 1. The molecule has 3 amide bonds. The maximum atomic E-state index is 12.1. The number of nitrogens with one attached hydrogen (secondary N) is 2. The van der Waals surface area contributed by atoms with Crippen LogP contribution in [0.4, 0.5) is 10.5 Å². The summed E-state index contributed by atoms with van der Waals surface area (Å²) in [5, 5.41) is 5.41. The van der Waals surface area contributed by atoms with Crippen LogP contribution in [0.15, 0.2) is 36.9 Å². The van der Waals surface area contributed by atoms with E-state index < -0.39 is 0 Å². The van der Waals surface area contributed by atoms with Crippen LogP contribution in [-0.4, -0.2) is 38.2 Å². The maximum Gasteiger partial charge on any atom is 0.315 e. The molecule has 1 aliphatic rings. The minimum Gasteiger partial charge on any atom is -0.497 e. The van der Waals surface area contributed by atoms with E-state index in [1.807, 2.05) is 18.2 Å². The summed E-state index contributed by atoms with van der Waals surface area (Å²) in [5.41, 5.74) is 0.773. The molecule has 2 N–H and O–H groups in total. The van der Waals surface area contributed by atoms with Crippen LogP contribution in [0.2, 0.25) is 0 Å². The summed E-state index contributed by atoms with van der Waals surface area (Å²) in [6, 6.07) is 6.81. The number of benzene rings is 1. The molecule has 21 heavy (non-hydrogen) atoms. The summed E-state index contributed by atoms with van der Waals surface area (Å²) in [4.78, 5) is 25.3. The zero-order valence-electron chi connectivity index (χ0n) is 12.0. The van der Waals surface area contributed by atoms with Crippen LogP contribution in [0.5, 0.6) is 5.75 Å². The van der Waals surface area contributed by atoms with Gasteiger partial charge in [0.25, 0.3) is 0 Å². The minimum absolute atomic E-state index is 0.0164. The van der Waals surface area contributed by atoms with Gasteiger partial charge in [-0.05, 0) is 12.1 Å². The monoisotopic (exact) mass is 289 g/mol. The SMILES string of the molecule is C=CCNC(=O)N[C@H]1CC(=O)N(c2cccc(OC)c2)C1. The summed E-state index contributed by atoms with van der Waals surface area (Å²) in [6.07, 6.45) is 1.89. The van der Waals surface area contributed by atoms with E-state index >= 15 is 0 Å². The highest BCUT2D eigenvalue weighted by Gasteiger charge is 2.31. The summed E-state index contributed by atoms with van der Waals surface area (Å²) in [6.45, 7) is 4.37. The Bertz CT molecular complexity index is 545. The largest absolute Gasteiger partial charge is 0.497 e. The number of anilines is 1. The molecular formula is C15H19N3O3. The summed E-state index contributed by atoms with van der Waals surface area (Å²) < 4.78 is 5.16. The van der Waals surface area contributed by atoms with Crippen molar-refractivity contribution >= 4 is 17.6 Å². The van der Waals surface area contributed by atoms with Crippen LogP contribution >= 0.6 is 0 Å². The van der Waals surface area contributed by atoms with Crippen molar-refractivity contribution in [2.24, 2.45) is 0 Å². The molecule has 1 aromatic rings. The number of hydrogen-bond acceptors (Lipinski definition) is 3. The Hall–Kier alpha value is -2.50. The van der Waals surface area contributed by atoms with Gasteiger partial charge in [0, 0.05) is 31.3 Å². The molecule has 0 spiro atoms. The lowest BCUT2D eigenvalue weighted by Gasteiger charge is -2.18. The average Bonchev–Trinajstić information content (AvgIpc) is 2.85. The van der Waals surface area contributed by atoms with Crippen molar-refractivity contribution < 1.29 is 14.3 Å². The van der Waals surface area contributed by atoms with E-state index in [-0.39, 0.29) is 18.0 Å². The first-order chi connectivity index (χ1) is 10.1. The van der Waals surface area contributed by atoms with Crippen molar-refractivity contribution in [3.63, 3.8) is 0 Å². The molecule has 1 atom stereocenters. The van der Waals surface area contributed by atoms with Crippen LogP contribution in [0.25, 0.3) is 0 Å². The average molecular weight is 289 g/mol. The van der Waals surface area contributed by atoms with E-state index in [1.54, 1.807) is 24.2 Å². The molecule has 0 unspecified atom stereocenters. The quantitative estimate of drug-likeness (QED) is 0.802. The van der Waals surface area contributed by atoms with Crippen LogP contribution in [-0.2, 0) is 4.79 Å². The molecular weight excluding hydrogens is 270 g/mol. The molecule has 0 aliphatic carbocycles. The predicted molar refractivity (Wildman–Crippen MR) is 80.5 cm³/mol. The second-order valence-corrected chi connectivity index (χ2v) is 4.75. The summed E-state index contributed by atoms with van der Waals surface area (Å²) in [7, 11) is 1.58. The van der Waals surface area contributed by atoms with Gasteiger partial charge in [-0.3, -0.25) is 4.79 Å². The molecule has 112 valence electrons. The Balaban J connectivity index is 1.99. The van der Waals surface area contributed by atoms with Crippen LogP contribution < -0.4 is 20.3 Å². The molecule has 0 aromatic heterocycles. The first kappa shape index (κ1) is 14.9. The number of nitrogens with zero attached hydrogens (tertiary/aromatic N) is 1. The van der Waals surface area contributed by atoms with Crippen LogP contribution in [0.1, 0.15) is 6.42 Å². The van der Waals surface area contributed by atoms with Crippen molar-refractivity contribution in [2.45, 2.75) is 12.5 Å². The molecule has 2 rings (SSSR count). The third-order valence-corrected chi connectivity index (χ3v) is 3.23. The maximum absolute atomic E-state index is 12.1. The standard InChI is InChI=1S/C15H19N3O3/c1-3-7-16-15(20)17-11-8-14(19)18(10-11)12-5-4-6-13(9-12)21-2/h3-6,9,11H,1,7-8,10H2,2H3,(H2,16,17,20)/t11-/m0/s1. The van der Waals surface area contributed by atoms with E-state index in [1.165, 1.54) is 0 Å². The lowest BCUT2D eigenvalue weighted by Crippen LogP contribution is -2.43. The Kier molecular flexibility index (Phi) is 4.81. The van der Waals surface area contributed by atoms with Crippen molar-refractivity contribution in [2.75, 3.05) is 25.1 Å². The second-order valence-electron chi connectivity index (χ2n) is 4.75. The fraction of sp³-hybridized carbons (Fsp3) is 0.333. The van der Waals surface area contributed by atoms with Gasteiger partial charge in [0.05, 0.1) is 13.2 Å². The molecule has 6 nitrogen and oxygen atoms in total. The van der Waals surface area contributed by atoms with Crippen molar-refractivity contribution in [1.29, 1.82) is 0 Å². The smallest absolute Gasteiger partial charge is 0.315 e. The Labute approximate surface area is 123 Å². The van der Waals surface area contributed by atoms with Crippen molar-refractivity contribution in [3.8, 4) is 5.75 Å². The van der Waals surface area contributed by atoms with Gasteiger partial charge in [-0.15, -0.1) is 6.58 Å². The number of carbonyl (C=O) groups is 2. The highest BCUT2D eigenvalue weighted by atomic mass is 16.5. The number of ether oxygens (including phenoxy) is 1. The first-order valence-electron chi connectivity index (χ1n) is 6.73. The molecule has 1 aliphatic heterocycles. The van der Waals surface area contributed by atoms with Crippen molar-refractivity contribution in [1.82, 2.24) is 10.6 Å². The Morgan fingerprint density at radius 1 is 1.57 bits per heavy atom. The molecule has 1 aromatic carbocycles. The number of amides is 3. The predicted octanol–water partition coefficient (Wildman–Crippen LogP) is 1.29. The molecule has 0 saturated carbocycles. The van der Waals surface area contributed by atoms with E-state index in [0.29, 0.717) is 25.3 Å². The van der Waals surface area contributed by atoms with E-state index in [2.05, 4.69) is 17.2 Å². The molecule has 0 bridgehead atoms. The van der Waals surface area contributed by atoms with Crippen molar-refractivity contribution in [3.05, 3.63) is 36.9 Å². The van der Waals surface area contributed by atoms with Gasteiger partial charge in [-0.2, -0.15) is 0 Å². The van der Waals surface area contributed by atoms with E-state index in [9.17, 15) is 9.59 Å². The highest BCUT2D eigenvalue weighted by Crippen LogP contribution is 2.25. The van der Waals surface area contributed by atoms with Gasteiger partial charge < -0.3 is 20.3 Å². The first-order valence-corrected chi connectivity index (χ1v) is 6.73. The highest BCUT2D eigenvalue weighted by molar-refractivity contribution is 5.97. The summed E-state index contributed by atoms with van der Waals surface area (Å²) >= 11 is 0. The van der Waals surface area contributed by atoms with Gasteiger partial charge in [-0.25, -0.2) is 4.79 Å². The summed E-state index contributed by atoms with van der Waals surface area (Å²) in [5.74, 6) is 0.678. The number of methoxy groups -OCH3 is 1. The minimum atomic E-state index is -0.291. The molecule has 0 radical (unpaired) electrons. The van der Waals surface area contributed by atoms with Gasteiger partial charge in [0.2, 0.25) is 5.91 Å². The van der Waals surface area contributed by atoms with Gasteiger partial charge >= 0.3 is 6.03 Å². The van der Waals surface area contributed by atoms with Gasteiger partial charge in [0.1, 0.15) is 5.75 Å². The Morgan fingerprint density at radius 2 is 2.38 bits per heavy atom. The number of rotatable bonds is 5. The van der Waals surface area contributed by atoms with Crippen LogP contribution in [0.3, 0.4) is 0 Å². The van der Waals surface area contributed by atoms with E-state index in [0.717, 1.165) is 5.69 Å². The molecule has 1 heterocycles. The van der Waals surface area contributed by atoms with Gasteiger partial charge in [-0.1, -0.05) is 12.1 Å². The lowest BCUT2D eigenvalue weighted by molar-refractivity contribution is -0.117. The third kappa shape index (κ3) is 3.75. The lowest BCUT2D eigenvalue weighted by atomic mass is 10.2. The zero-order chi connectivity index (χ0) is 15.2. The third-order valence-electron chi connectivity index (χ3n) is 3.23. The molecule has 1 fully saturated rings. The van der Waals surface area contributed by atoms with Crippen LogP contribution in [0, 0.1) is 0 Å². The fourth-order valence-corrected chi connectivity index (χ4v) is 2.23. The normalized spacial score (nSPS) is 17.5. The molecule has 1 saturated heterocycles. The van der Waals surface area contributed by atoms with E-state index in [4.69, 9.17) is 4.74 Å². The number of hydrogen-bond donors (Lipinski definition) is 2. The molecule has 6 heteroatoms. The second kappa shape index (κ2) is 6.78. The fourth-order valence-electron chi connectivity index (χ4n) is 2.23. The Morgan fingerprint density at radius 3 is 3.10 bits per heavy atom. The number of carbonyl (C=O) groups excluding carboxylic acids is 2.